The maximum absolute atomic E-state index is 12.1. The third-order valence-electron chi connectivity index (χ3n) is 4.84. The quantitative estimate of drug-likeness (QED) is 0.914. The number of likely N-dealkylation sites (tertiary alicyclic amines) is 1. The molecule has 3 aliphatic rings. The molecule has 1 N–H and O–H groups in total. The van der Waals surface area contributed by atoms with E-state index < -0.39 is 0 Å². The van der Waals surface area contributed by atoms with E-state index in [4.69, 9.17) is 9.15 Å². The predicted molar refractivity (Wildman–Crippen MR) is 76.5 cm³/mol. The zero-order valence-electron chi connectivity index (χ0n) is 12.2. The highest BCUT2D eigenvalue weighted by molar-refractivity contribution is 5.81. The molecule has 2 aliphatic heterocycles. The second-order valence-corrected chi connectivity index (χ2v) is 6.60. The van der Waals surface area contributed by atoms with Crippen LogP contribution in [0, 0.1) is 5.92 Å². The van der Waals surface area contributed by atoms with Crippen LogP contribution in [-0.2, 0) is 16.1 Å². The summed E-state index contributed by atoms with van der Waals surface area (Å²) < 4.78 is 11.2. The summed E-state index contributed by atoms with van der Waals surface area (Å²) in [5.74, 6) is 0.647. The summed E-state index contributed by atoms with van der Waals surface area (Å²) in [6.07, 6.45) is 7.77. The first-order chi connectivity index (χ1) is 10.3. The molecule has 3 atom stereocenters. The number of carbonyl (C=O) groups is 1. The fraction of sp³-hybridized carbons (Fsp3) is 0.688. The average Bonchev–Trinajstić information content (AvgIpc) is 3.00. The molecular weight excluding hydrogens is 268 g/mol. The maximum Gasteiger partial charge on any atom is 0.249 e. The Morgan fingerprint density at radius 1 is 1.38 bits per heavy atom. The molecule has 4 rings (SSSR count). The van der Waals surface area contributed by atoms with E-state index in [0.29, 0.717) is 12.0 Å². The van der Waals surface area contributed by atoms with E-state index in [1.165, 1.54) is 5.56 Å². The van der Waals surface area contributed by atoms with Gasteiger partial charge in [0.05, 0.1) is 18.6 Å². The van der Waals surface area contributed by atoms with Gasteiger partial charge >= 0.3 is 0 Å². The third kappa shape index (κ3) is 2.99. The molecule has 3 fully saturated rings. The number of furan rings is 1. The van der Waals surface area contributed by atoms with Crippen LogP contribution in [0.25, 0.3) is 0 Å². The number of fused-ring (bicyclic) bond motifs is 1. The van der Waals surface area contributed by atoms with E-state index in [9.17, 15) is 4.79 Å². The minimum Gasteiger partial charge on any atom is -0.472 e. The monoisotopic (exact) mass is 290 g/mol. The number of hydrogen-bond donors (Lipinski definition) is 1. The summed E-state index contributed by atoms with van der Waals surface area (Å²) in [6.45, 7) is 2.90. The highest BCUT2D eigenvalue weighted by Crippen LogP contribution is 2.34. The van der Waals surface area contributed by atoms with Gasteiger partial charge in [-0.25, -0.2) is 0 Å². The van der Waals surface area contributed by atoms with Gasteiger partial charge in [0.1, 0.15) is 6.10 Å². The normalized spacial score (nSPS) is 32.9. The molecule has 1 saturated carbocycles. The molecule has 0 radical (unpaired) electrons. The van der Waals surface area contributed by atoms with Crippen molar-refractivity contribution in [3.05, 3.63) is 24.2 Å². The van der Waals surface area contributed by atoms with Gasteiger partial charge in [-0.1, -0.05) is 0 Å². The summed E-state index contributed by atoms with van der Waals surface area (Å²) in [6, 6.07) is 2.43. The minimum absolute atomic E-state index is 0.105. The van der Waals surface area contributed by atoms with Gasteiger partial charge in [0, 0.05) is 24.7 Å². The topological polar surface area (TPSA) is 54.7 Å². The van der Waals surface area contributed by atoms with Crippen molar-refractivity contribution in [2.75, 3.05) is 13.1 Å². The molecule has 0 unspecified atom stereocenters. The number of piperidine rings is 1. The largest absolute Gasteiger partial charge is 0.472 e. The number of nitrogens with one attached hydrogen (secondary N) is 1. The molecule has 5 heteroatoms. The van der Waals surface area contributed by atoms with E-state index >= 15 is 0 Å². The number of nitrogens with zero attached hydrogens (tertiary/aromatic N) is 1. The van der Waals surface area contributed by atoms with Crippen LogP contribution in [0.5, 0.6) is 0 Å². The summed E-state index contributed by atoms with van der Waals surface area (Å²) in [5.41, 5.74) is 1.20. The van der Waals surface area contributed by atoms with Crippen LogP contribution >= 0.6 is 0 Å². The lowest BCUT2D eigenvalue weighted by Crippen LogP contribution is -2.42. The summed E-state index contributed by atoms with van der Waals surface area (Å²) in [4.78, 5) is 14.5. The van der Waals surface area contributed by atoms with Crippen molar-refractivity contribution in [2.45, 2.75) is 50.5 Å². The van der Waals surface area contributed by atoms with Crippen LogP contribution in [0.15, 0.2) is 23.0 Å². The van der Waals surface area contributed by atoms with Crippen molar-refractivity contribution in [3.8, 4) is 0 Å². The fourth-order valence-corrected chi connectivity index (χ4v) is 3.47. The highest BCUT2D eigenvalue weighted by Gasteiger charge is 2.42. The number of ether oxygens (including phenoxy) is 1. The molecule has 1 aromatic rings. The van der Waals surface area contributed by atoms with E-state index in [1.54, 1.807) is 12.5 Å². The fourth-order valence-electron chi connectivity index (χ4n) is 3.47. The second kappa shape index (κ2) is 5.46. The molecule has 0 bridgehead atoms. The Morgan fingerprint density at radius 2 is 2.29 bits per heavy atom. The molecule has 3 heterocycles. The summed E-state index contributed by atoms with van der Waals surface area (Å²) in [5, 5.41) is 3.06. The van der Waals surface area contributed by atoms with Gasteiger partial charge in [0.25, 0.3) is 0 Å². The van der Waals surface area contributed by atoms with E-state index in [1.807, 2.05) is 6.07 Å². The number of rotatable bonds is 4. The van der Waals surface area contributed by atoms with Gasteiger partial charge in [-0.3, -0.25) is 9.69 Å². The molecule has 0 spiro atoms. The Kier molecular flexibility index (Phi) is 3.47. The summed E-state index contributed by atoms with van der Waals surface area (Å²) >= 11 is 0. The smallest absolute Gasteiger partial charge is 0.249 e. The van der Waals surface area contributed by atoms with Gasteiger partial charge in [0.15, 0.2) is 0 Å². The van der Waals surface area contributed by atoms with Gasteiger partial charge < -0.3 is 14.5 Å². The van der Waals surface area contributed by atoms with E-state index in [2.05, 4.69) is 10.2 Å². The van der Waals surface area contributed by atoms with Gasteiger partial charge in [0.2, 0.25) is 5.91 Å². The maximum atomic E-state index is 12.1. The molecule has 2 saturated heterocycles. The lowest BCUT2D eigenvalue weighted by atomic mass is 9.91. The Labute approximate surface area is 124 Å². The van der Waals surface area contributed by atoms with Crippen LogP contribution in [0.4, 0.5) is 0 Å². The predicted octanol–water partition coefficient (Wildman–Crippen LogP) is 1.54. The highest BCUT2D eigenvalue weighted by atomic mass is 16.5. The Morgan fingerprint density at radius 3 is 3.05 bits per heavy atom. The molecule has 0 aromatic carbocycles. The molecule has 114 valence electrons. The molecule has 21 heavy (non-hydrogen) atoms. The third-order valence-corrected chi connectivity index (χ3v) is 4.84. The zero-order valence-corrected chi connectivity index (χ0v) is 12.2. The molecular formula is C16H22N2O3. The van der Waals surface area contributed by atoms with Gasteiger partial charge in [-0.2, -0.15) is 0 Å². The second-order valence-electron chi connectivity index (χ2n) is 6.60. The Hall–Kier alpha value is -1.33. The van der Waals surface area contributed by atoms with E-state index in [0.717, 1.165) is 45.3 Å². The Bertz CT molecular complexity index is 498. The van der Waals surface area contributed by atoms with Crippen molar-refractivity contribution >= 4 is 5.91 Å². The van der Waals surface area contributed by atoms with Crippen LogP contribution in [0.3, 0.4) is 0 Å². The van der Waals surface area contributed by atoms with Crippen LogP contribution in [0.2, 0.25) is 0 Å². The molecule has 1 aliphatic carbocycles. The first-order valence-electron chi connectivity index (χ1n) is 7.97. The minimum atomic E-state index is -0.227. The number of carbonyl (C=O) groups excluding carboxylic acids is 1. The molecule has 1 aromatic heterocycles. The Balaban J connectivity index is 1.32. The molecule has 5 nitrogen and oxygen atoms in total. The van der Waals surface area contributed by atoms with Crippen molar-refractivity contribution in [1.82, 2.24) is 10.2 Å². The van der Waals surface area contributed by atoms with Gasteiger partial charge in [-0.05, 0) is 44.2 Å². The number of hydrogen-bond acceptors (Lipinski definition) is 4. The zero-order chi connectivity index (χ0) is 14.2. The van der Waals surface area contributed by atoms with Crippen molar-refractivity contribution in [1.29, 1.82) is 0 Å². The van der Waals surface area contributed by atoms with Crippen molar-refractivity contribution in [2.24, 2.45) is 5.92 Å². The van der Waals surface area contributed by atoms with Crippen LogP contribution in [0.1, 0.15) is 31.2 Å². The molecule has 1 amide bonds. The first kappa shape index (κ1) is 13.3. The van der Waals surface area contributed by atoms with Crippen LogP contribution in [-0.4, -0.2) is 42.1 Å². The lowest BCUT2D eigenvalue weighted by Gasteiger charge is -2.33. The average molecular weight is 290 g/mol. The number of amides is 1. The van der Waals surface area contributed by atoms with Crippen molar-refractivity contribution < 1.29 is 13.9 Å². The van der Waals surface area contributed by atoms with Crippen LogP contribution < -0.4 is 5.32 Å². The van der Waals surface area contributed by atoms with Crippen molar-refractivity contribution in [3.63, 3.8) is 0 Å². The lowest BCUT2D eigenvalue weighted by molar-refractivity contribution is -0.133. The summed E-state index contributed by atoms with van der Waals surface area (Å²) in [7, 11) is 0. The SMILES string of the molecule is O=C(NC1CC1)[C@@H]1C[C@@H]2CCN(Cc3ccoc3)C[C@@H]2O1. The van der Waals surface area contributed by atoms with E-state index in [-0.39, 0.29) is 18.1 Å². The first-order valence-corrected chi connectivity index (χ1v) is 7.97. The standard InChI is InChI=1S/C16H22N2O3/c19-16(17-13-1-2-13)14-7-12-3-5-18(9-15(12)21-14)8-11-4-6-20-10-11/h4,6,10,12-15H,1-3,5,7-9H2,(H,17,19)/t12-,14-,15-/m0/s1. The van der Waals surface area contributed by atoms with Gasteiger partial charge in [-0.15, -0.1) is 0 Å².